The molecule has 246 valence electrons. The number of carbonyl (C=O) groups excluding carboxylic acids is 1. The topological polar surface area (TPSA) is 92.6 Å². The number of hydrogen-bond donors (Lipinski definition) is 2. The second-order valence-corrected chi connectivity index (χ2v) is 13.1. The van der Waals surface area contributed by atoms with Crippen LogP contribution in [0.5, 0.6) is 0 Å². The van der Waals surface area contributed by atoms with E-state index < -0.39 is 28.9 Å². The predicted octanol–water partition coefficient (Wildman–Crippen LogP) is 3.58. The zero-order valence-corrected chi connectivity index (χ0v) is 25.6. The Labute approximate surface area is 260 Å². The van der Waals surface area contributed by atoms with Gasteiger partial charge in [0.15, 0.2) is 5.79 Å². The number of hydrogen-bond acceptors (Lipinski definition) is 8. The van der Waals surface area contributed by atoms with Crippen LogP contribution in [-0.4, -0.2) is 101 Å². The smallest absolute Gasteiger partial charge is 0.366 e. The van der Waals surface area contributed by atoms with Crippen molar-refractivity contribution >= 4 is 17.4 Å². The molecule has 1 saturated carbocycles. The molecule has 4 fully saturated rings. The molecule has 2 aromatic rings. The van der Waals surface area contributed by atoms with Crippen molar-refractivity contribution in [2.24, 2.45) is 5.92 Å². The Morgan fingerprint density at radius 3 is 2.36 bits per heavy atom. The van der Waals surface area contributed by atoms with Crippen molar-refractivity contribution in [2.75, 3.05) is 62.2 Å². The minimum atomic E-state index is -4.44. The van der Waals surface area contributed by atoms with E-state index in [1.54, 1.807) is 11.0 Å². The Morgan fingerprint density at radius 1 is 1.02 bits per heavy atom. The van der Waals surface area contributed by atoms with Crippen LogP contribution < -0.4 is 9.80 Å². The lowest BCUT2D eigenvalue weighted by Crippen LogP contribution is -2.62. The number of carbonyl (C=O) groups is 1. The molecule has 0 radical (unpaired) electrons. The molecule has 3 atom stereocenters. The van der Waals surface area contributed by atoms with Crippen molar-refractivity contribution in [3.05, 3.63) is 53.5 Å². The lowest BCUT2D eigenvalue weighted by molar-refractivity contribution is -0.176. The van der Waals surface area contributed by atoms with E-state index in [0.717, 1.165) is 57.1 Å². The van der Waals surface area contributed by atoms with Gasteiger partial charge in [-0.05, 0) is 75.8 Å². The molecule has 0 spiro atoms. The Hall–Kier alpha value is -3.00. The van der Waals surface area contributed by atoms with E-state index in [0.29, 0.717) is 45.8 Å². The first-order valence-corrected chi connectivity index (χ1v) is 15.7. The summed E-state index contributed by atoms with van der Waals surface area (Å²) in [6.07, 6.45) is 0.0620. The molecule has 1 aromatic heterocycles. The summed E-state index contributed by atoms with van der Waals surface area (Å²) in [7, 11) is 0. The number of rotatable bonds is 6. The summed E-state index contributed by atoms with van der Waals surface area (Å²) in [6.45, 7) is 7.43. The summed E-state index contributed by atoms with van der Waals surface area (Å²) < 4.78 is 60.4. The summed E-state index contributed by atoms with van der Waals surface area (Å²) in [5, 5.41) is 20.0. The number of pyridine rings is 1. The van der Waals surface area contributed by atoms with Crippen LogP contribution in [0.1, 0.15) is 50.7 Å². The second-order valence-electron chi connectivity index (χ2n) is 13.1. The molecule has 1 aromatic carbocycles. The van der Waals surface area contributed by atoms with Crippen LogP contribution >= 0.6 is 0 Å². The number of piperazine rings is 2. The van der Waals surface area contributed by atoms with Crippen molar-refractivity contribution in [2.45, 2.75) is 69.2 Å². The normalized spacial score (nSPS) is 27.2. The number of anilines is 2. The van der Waals surface area contributed by atoms with E-state index in [4.69, 9.17) is 4.74 Å². The quantitative estimate of drug-likeness (QED) is 0.368. The Kier molecular flexibility index (Phi) is 8.51. The van der Waals surface area contributed by atoms with Crippen molar-refractivity contribution in [3.8, 4) is 0 Å². The van der Waals surface area contributed by atoms with Gasteiger partial charge in [-0.1, -0.05) is 0 Å². The van der Waals surface area contributed by atoms with Crippen LogP contribution in [0, 0.1) is 11.7 Å². The predicted molar refractivity (Wildman–Crippen MR) is 159 cm³/mol. The first kappa shape index (κ1) is 32.0. The van der Waals surface area contributed by atoms with Crippen LogP contribution in [0.25, 0.3) is 0 Å². The highest BCUT2D eigenvalue weighted by Crippen LogP contribution is 2.48. The maximum absolute atomic E-state index is 14.2. The third-order valence-electron chi connectivity index (χ3n) is 9.91. The molecule has 4 heterocycles. The molecule has 9 nitrogen and oxygen atoms in total. The van der Waals surface area contributed by atoms with Crippen LogP contribution in [0.4, 0.5) is 29.1 Å². The first-order chi connectivity index (χ1) is 21.3. The van der Waals surface area contributed by atoms with Crippen molar-refractivity contribution in [1.29, 1.82) is 0 Å². The fraction of sp³-hybridized carbons (Fsp3) is 0.625. The van der Waals surface area contributed by atoms with Crippen LogP contribution in [0.3, 0.4) is 0 Å². The maximum Gasteiger partial charge on any atom is 0.416 e. The number of nitrogens with zero attached hydrogens (tertiary/aromatic N) is 5. The summed E-state index contributed by atoms with van der Waals surface area (Å²) in [6, 6.07) is 6.68. The standard InChI is InChI=1S/C32H41F4N5O4/c1-21-19-40(15-16-41(21)24-5-6-27(33)26(18-24)30(2,43)44)25-7-9-31(45-20-25,22-3-4-22)29(42)39-13-11-38(12-14-39)28-17-23(8-10-37-28)32(34,35)36/h5-6,8,10,17-18,21-22,25,43-44H,3-4,7,9,11-16,19-20H2,1-2H3/t21?,25-,31+/m1/s1. The van der Waals surface area contributed by atoms with E-state index in [1.807, 2.05) is 4.90 Å². The first-order valence-electron chi connectivity index (χ1n) is 15.7. The van der Waals surface area contributed by atoms with E-state index >= 15 is 0 Å². The van der Waals surface area contributed by atoms with Crippen LogP contribution in [-0.2, 0) is 21.5 Å². The SMILES string of the molecule is CC1CN([C@@H]2CC[C@@](C(=O)N3CCN(c4cc(C(F)(F)F)ccn4)CC3)(C3CC3)OC2)CCN1c1ccc(F)c(C(C)(O)O)c1. The molecular weight excluding hydrogens is 594 g/mol. The molecule has 1 amide bonds. The highest BCUT2D eigenvalue weighted by molar-refractivity contribution is 5.86. The van der Waals surface area contributed by atoms with E-state index in [1.165, 1.54) is 18.3 Å². The zero-order valence-electron chi connectivity index (χ0n) is 25.6. The second kappa shape index (κ2) is 12.0. The number of alkyl halides is 3. The average Bonchev–Trinajstić information content (AvgIpc) is 3.87. The van der Waals surface area contributed by atoms with Gasteiger partial charge in [0, 0.05) is 75.3 Å². The minimum absolute atomic E-state index is 0.00910. The highest BCUT2D eigenvalue weighted by atomic mass is 19.4. The Balaban J connectivity index is 1.05. The summed E-state index contributed by atoms with van der Waals surface area (Å²) in [5.41, 5.74) is -1.02. The largest absolute Gasteiger partial charge is 0.416 e. The monoisotopic (exact) mass is 635 g/mol. The molecule has 4 aliphatic rings. The zero-order chi connectivity index (χ0) is 32.1. The number of ether oxygens (including phenoxy) is 1. The Bertz CT molecular complexity index is 1380. The molecule has 3 saturated heterocycles. The van der Waals surface area contributed by atoms with Gasteiger partial charge in [-0.2, -0.15) is 13.2 Å². The number of halogens is 4. The maximum atomic E-state index is 14.2. The van der Waals surface area contributed by atoms with Gasteiger partial charge in [0.05, 0.1) is 12.2 Å². The minimum Gasteiger partial charge on any atom is -0.366 e. The summed E-state index contributed by atoms with van der Waals surface area (Å²) in [4.78, 5) is 26.2. The lowest BCUT2D eigenvalue weighted by Gasteiger charge is -2.49. The molecule has 3 aliphatic heterocycles. The molecular formula is C32H41F4N5O4. The molecule has 6 rings (SSSR count). The summed E-state index contributed by atoms with van der Waals surface area (Å²) in [5.74, 6) is -2.50. The molecule has 0 bridgehead atoms. The number of benzene rings is 1. The fourth-order valence-electron chi connectivity index (χ4n) is 7.21. The van der Waals surface area contributed by atoms with Gasteiger partial charge >= 0.3 is 6.18 Å². The van der Waals surface area contributed by atoms with Crippen LogP contribution in [0.2, 0.25) is 0 Å². The number of aliphatic hydroxyl groups is 2. The molecule has 2 N–H and O–H groups in total. The lowest BCUT2D eigenvalue weighted by atomic mass is 9.85. The van der Waals surface area contributed by atoms with E-state index in [9.17, 15) is 32.6 Å². The van der Waals surface area contributed by atoms with Gasteiger partial charge in [-0.3, -0.25) is 9.69 Å². The third kappa shape index (κ3) is 6.49. The average molecular weight is 636 g/mol. The van der Waals surface area contributed by atoms with Crippen LogP contribution in [0.15, 0.2) is 36.5 Å². The highest BCUT2D eigenvalue weighted by Gasteiger charge is 2.56. The number of amides is 1. The molecule has 1 unspecified atom stereocenters. The molecule has 1 aliphatic carbocycles. The van der Waals surface area contributed by atoms with Crippen molar-refractivity contribution in [3.63, 3.8) is 0 Å². The van der Waals surface area contributed by atoms with Gasteiger partial charge in [-0.25, -0.2) is 9.37 Å². The van der Waals surface area contributed by atoms with Gasteiger partial charge < -0.3 is 29.6 Å². The van der Waals surface area contributed by atoms with Crippen molar-refractivity contribution in [1.82, 2.24) is 14.8 Å². The van der Waals surface area contributed by atoms with Gasteiger partial charge in [-0.15, -0.1) is 0 Å². The number of aromatic nitrogens is 1. The molecule has 13 heteroatoms. The van der Waals surface area contributed by atoms with Gasteiger partial charge in [0.25, 0.3) is 5.91 Å². The van der Waals surface area contributed by atoms with E-state index in [2.05, 4.69) is 21.7 Å². The Morgan fingerprint density at radius 2 is 1.76 bits per heavy atom. The summed E-state index contributed by atoms with van der Waals surface area (Å²) >= 11 is 0. The third-order valence-corrected chi connectivity index (χ3v) is 9.91. The van der Waals surface area contributed by atoms with Crippen molar-refractivity contribution < 1.29 is 37.3 Å². The molecule has 45 heavy (non-hydrogen) atoms. The van der Waals surface area contributed by atoms with Gasteiger partial charge in [0.1, 0.15) is 17.2 Å². The van der Waals surface area contributed by atoms with E-state index in [-0.39, 0.29) is 35.3 Å². The van der Waals surface area contributed by atoms with Gasteiger partial charge in [0.2, 0.25) is 0 Å². The fourth-order valence-corrected chi connectivity index (χ4v) is 7.21.